The van der Waals surface area contributed by atoms with Gasteiger partial charge in [0.25, 0.3) is 0 Å². The fourth-order valence-corrected chi connectivity index (χ4v) is 1.95. The smallest absolute Gasteiger partial charge is 0.124 e. The van der Waals surface area contributed by atoms with Crippen molar-refractivity contribution in [1.82, 2.24) is 4.98 Å². The van der Waals surface area contributed by atoms with Gasteiger partial charge in [-0.2, -0.15) is 0 Å². The van der Waals surface area contributed by atoms with Gasteiger partial charge >= 0.3 is 0 Å². The summed E-state index contributed by atoms with van der Waals surface area (Å²) >= 11 is 4.96. The lowest BCUT2D eigenvalue weighted by atomic mass is 10.1. The van der Waals surface area contributed by atoms with Crippen LogP contribution in [0.3, 0.4) is 0 Å². The zero-order valence-electron chi connectivity index (χ0n) is 10.4. The Labute approximate surface area is 116 Å². The van der Waals surface area contributed by atoms with E-state index in [2.05, 4.69) is 10.3 Å². The maximum Gasteiger partial charge on any atom is 0.124 e. The average molecular weight is 275 g/mol. The minimum absolute atomic E-state index is 0.00194. The van der Waals surface area contributed by atoms with Gasteiger partial charge in [0.2, 0.25) is 0 Å². The summed E-state index contributed by atoms with van der Waals surface area (Å²) in [5, 5.41) is 3.28. The summed E-state index contributed by atoms with van der Waals surface area (Å²) in [4.78, 5) is 4.40. The van der Waals surface area contributed by atoms with Gasteiger partial charge in [0.1, 0.15) is 16.5 Å². The van der Waals surface area contributed by atoms with Crippen molar-refractivity contribution in [1.29, 1.82) is 0 Å². The molecule has 1 aromatic heterocycles. The molecule has 1 atom stereocenters. The summed E-state index contributed by atoms with van der Waals surface area (Å²) in [6.07, 6.45) is 1.64. The summed E-state index contributed by atoms with van der Waals surface area (Å²) < 4.78 is 12.9. The number of nitrogens with two attached hydrogens (primary N) is 1. The molecule has 0 saturated carbocycles. The zero-order valence-corrected chi connectivity index (χ0v) is 11.2. The number of anilines is 1. The van der Waals surface area contributed by atoms with Crippen LogP contribution in [0.2, 0.25) is 0 Å². The van der Waals surface area contributed by atoms with E-state index in [9.17, 15) is 4.39 Å². The topological polar surface area (TPSA) is 50.9 Å². The van der Waals surface area contributed by atoms with Gasteiger partial charge in [-0.1, -0.05) is 24.4 Å². The number of nitrogens with one attached hydrogen (secondary N) is 1. The van der Waals surface area contributed by atoms with Gasteiger partial charge < -0.3 is 11.1 Å². The molecule has 0 radical (unpaired) electrons. The Morgan fingerprint density at radius 3 is 2.63 bits per heavy atom. The SMILES string of the molecule is CC(Nc1cccnc1C(N)=S)c1ccc(F)cc1. The second-order valence-electron chi connectivity index (χ2n) is 4.18. The molecule has 1 unspecified atom stereocenters. The van der Waals surface area contributed by atoms with Gasteiger partial charge in [-0.25, -0.2) is 4.39 Å². The number of thiocarbonyl (C=S) groups is 1. The second kappa shape index (κ2) is 5.75. The highest BCUT2D eigenvalue weighted by Gasteiger charge is 2.10. The van der Waals surface area contributed by atoms with E-state index in [1.54, 1.807) is 18.3 Å². The lowest BCUT2D eigenvalue weighted by molar-refractivity contribution is 0.626. The molecule has 1 heterocycles. The van der Waals surface area contributed by atoms with Crippen LogP contribution in [0.1, 0.15) is 24.2 Å². The molecule has 2 rings (SSSR count). The Kier molecular flexibility index (Phi) is 4.06. The van der Waals surface area contributed by atoms with Crippen LogP contribution in [0.25, 0.3) is 0 Å². The van der Waals surface area contributed by atoms with Gasteiger partial charge in [0.15, 0.2) is 0 Å². The van der Waals surface area contributed by atoms with Crippen molar-refractivity contribution < 1.29 is 4.39 Å². The number of nitrogens with zero attached hydrogens (tertiary/aromatic N) is 1. The van der Waals surface area contributed by atoms with Crippen molar-refractivity contribution in [3.8, 4) is 0 Å². The Hall–Kier alpha value is -2.01. The Morgan fingerprint density at radius 2 is 2.00 bits per heavy atom. The van der Waals surface area contributed by atoms with Crippen molar-refractivity contribution in [3.05, 3.63) is 59.7 Å². The molecule has 0 aliphatic heterocycles. The second-order valence-corrected chi connectivity index (χ2v) is 4.62. The Morgan fingerprint density at radius 1 is 1.32 bits per heavy atom. The van der Waals surface area contributed by atoms with E-state index in [0.29, 0.717) is 5.69 Å². The molecule has 0 saturated heterocycles. The molecule has 19 heavy (non-hydrogen) atoms. The molecule has 1 aromatic carbocycles. The first-order valence-electron chi connectivity index (χ1n) is 5.84. The van der Waals surface area contributed by atoms with Crippen LogP contribution in [-0.2, 0) is 0 Å². The number of hydrogen-bond acceptors (Lipinski definition) is 3. The minimum atomic E-state index is -0.249. The summed E-state index contributed by atoms with van der Waals surface area (Å²) in [5.41, 5.74) is 7.93. The molecule has 0 fully saturated rings. The summed E-state index contributed by atoms with van der Waals surface area (Å²) in [6, 6.07) is 10.0. The lowest BCUT2D eigenvalue weighted by Gasteiger charge is -2.17. The fourth-order valence-electron chi connectivity index (χ4n) is 1.79. The first-order valence-corrected chi connectivity index (χ1v) is 6.25. The Balaban J connectivity index is 2.21. The third-order valence-electron chi connectivity index (χ3n) is 2.78. The quantitative estimate of drug-likeness (QED) is 0.842. The van der Waals surface area contributed by atoms with Gasteiger partial charge in [-0.05, 0) is 36.8 Å². The molecule has 3 N–H and O–H groups in total. The van der Waals surface area contributed by atoms with Crippen LogP contribution in [0, 0.1) is 5.82 Å². The Bertz CT molecular complexity index is 583. The predicted molar refractivity (Wildman–Crippen MR) is 78.6 cm³/mol. The van der Waals surface area contributed by atoms with Crippen LogP contribution in [0.4, 0.5) is 10.1 Å². The molecule has 0 bridgehead atoms. The normalized spacial score (nSPS) is 11.9. The van der Waals surface area contributed by atoms with Gasteiger partial charge in [-0.3, -0.25) is 4.98 Å². The molecule has 0 aliphatic rings. The average Bonchev–Trinajstić information content (AvgIpc) is 2.39. The highest BCUT2D eigenvalue weighted by atomic mass is 32.1. The van der Waals surface area contributed by atoms with E-state index in [0.717, 1.165) is 11.3 Å². The van der Waals surface area contributed by atoms with Gasteiger partial charge in [0, 0.05) is 12.2 Å². The number of halogens is 1. The number of benzene rings is 1. The first-order chi connectivity index (χ1) is 9.08. The highest BCUT2D eigenvalue weighted by Crippen LogP contribution is 2.21. The maximum absolute atomic E-state index is 12.9. The van der Waals surface area contributed by atoms with Crippen LogP contribution in [-0.4, -0.2) is 9.97 Å². The molecule has 98 valence electrons. The molecule has 0 aliphatic carbocycles. The molecular formula is C14H14FN3S. The molecule has 3 nitrogen and oxygen atoms in total. The molecule has 0 spiro atoms. The fraction of sp³-hybridized carbons (Fsp3) is 0.143. The number of hydrogen-bond donors (Lipinski definition) is 2. The number of rotatable bonds is 4. The molecular weight excluding hydrogens is 261 g/mol. The first kappa shape index (κ1) is 13.4. The van der Waals surface area contributed by atoms with Crippen LogP contribution in [0.15, 0.2) is 42.6 Å². The summed E-state index contributed by atoms with van der Waals surface area (Å²) in [5.74, 6) is -0.249. The monoisotopic (exact) mass is 275 g/mol. The van der Waals surface area contributed by atoms with Crippen molar-refractivity contribution in [3.63, 3.8) is 0 Å². The van der Waals surface area contributed by atoms with E-state index < -0.39 is 0 Å². The number of aromatic nitrogens is 1. The maximum atomic E-state index is 12.9. The van der Waals surface area contributed by atoms with Gasteiger partial charge in [0.05, 0.1) is 5.69 Å². The molecule has 0 amide bonds. The minimum Gasteiger partial charge on any atom is -0.388 e. The van der Waals surface area contributed by atoms with Crippen LogP contribution < -0.4 is 11.1 Å². The molecule has 2 aromatic rings. The third-order valence-corrected chi connectivity index (χ3v) is 2.98. The van der Waals surface area contributed by atoms with Crippen molar-refractivity contribution >= 4 is 22.9 Å². The lowest BCUT2D eigenvalue weighted by Crippen LogP contribution is -2.16. The van der Waals surface area contributed by atoms with E-state index in [4.69, 9.17) is 18.0 Å². The van der Waals surface area contributed by atoms with Crippen molar-refractivity contribution in [2.45, 2.75) is 13.0 Å². The van der Waals surface area contributed by atoms with Crippen LogP contribution in [0.5, 0.6) is 0 Å². The number of pyridine rings is 1. The largest absolute Gasteiger partial charge is 0.388 e. The van der Waals surface area contributed by atoms with E-state index >= 15 is 0 Å². The van der Waals surface area contributed by atoms with E-state index in [1.165, 1.54) is 12.1 Å². The van der Waals surface area contributed by atoms with E-state index in [1.807, 2.05) is 19.1 Å². The zero-order chi connectivity index (χ0) is 13.8. The van der Waals surface area contributed by atoms with Crippen molar-refractivity contribution in [2.24, 2.45) is 5.73 Å². The van der Waals surface area contributed by atoms with E-state index in [-0.39, 0.29) is 16.8 Å². The van der Waals surface area contributed by atoms with Crippen LogP contribution >= 0.6 is 12.2 Å². The highest BCUT2D eigenvalue weighted by molar-refractivity contribution is 7.80. The predicted octanol–water partition coefficient (Wildman–Crippen LogP) is 3.03. The van der Waals surface area contributed by atoms with Gasteiger partial charge in [-0.15, -0.1) is 0 Å². The standard InChI is InChI=1S/C14H14FN3S/c1-9(10-4-6-11(15)7-5-10)18-12-3-2-8-17-13(12)14(16)19/h2-9,18H,1H3,(H2,16,19). The third kappa shape index (κ3) is 3.26. The molecule has 5 heteroatoms. The summed E-state index contributed by atoms with van der Waals surface area (Å²) in [6.45, 7) is 1.98. The van der Waals surface area contributed by atoms with Crippen molar-refractivity contribution in [2.75, 3.05) is 5.32 Å². The summed E-state index contributed by atoms with van der Waals surface area (Å²) in [7, 11) is 0.